The number of aromatic nitrogens is 4. The van der Waals surface area contributed by atoms with Crippen molar-refractivity contribution in [2.24, 2.45) is 13.0 Å². The first-order valence-electron chi connectivity index (χ1n) is 6.82. The molecule has 0 atom stereocenters. The van der Waals surface area contributed by atoms with Gasteiger partial charge in [0.25, 0.3) is 0 Å². The number of carbonyl (C=O) groups is 1. The number of nitrogens with one attached hydrogen (secondary N) is 1. The molecule has 0 saturated carbocycles. The first kappa shape index (κ1) is 14.4. The van der Waals surface area contributed by atoms with Gasteiger partial charge in [-0.15, -0.1) is 0 Å². The summed E-state index contributed by atoms with van der Waals surface area (Å²) < 4.78 is 3.59. The van der Waals surface area contributed by atoms with Crippen LogP contribution in [-0.2, 0) is 18.4 Å². The topological polar surface area (TPSA) is 90.8 Å². The molecule has 0 radical (unpaired) electrons. The number of imidazole rings is 1. The van der Waals surface area contributed by atoms with Gasteiger partial charge in [-0.3, -0.25) is 14.0 Å². The van der Waals surface area contributed by atoms with E-state index in [4.69, 9.17) is 5.73 Å². The van der Waals surface area contributed by atoms with Crippen LogP contribution in [0.1, 0.15) is 26.0 Å². The van der Waals surface area contributed by atoms with Crippen LogP contribution in [-0.4, -0.2) is 31.8 Å². The van der Waals surface area contributed by atoms with Crippen molar-refractivity contribution in [1.29, 1.82) is 0 Å². The number of nitrogens with two attached hydrogens (primary N) is 1. The van der Waals surface area contributed by atoms with Crippen LogP contribution in [0.25, 0.3) is 11.2 Å². The molecule has 2 aromatic rings. The van der Waals surface area contributed by atoms with Gasteiger partial charge >= 0.3 is 0 Å². The summed E-state index contributed by atoms with van der Waals surface area (Å²) >= 11 is 0. The first-order valence-corrected chi connectivity index (χ1v) is 6.82. The van der Waals surface area contributed by atoms with E-state index in [9.17, 15) is 4.79 Å². The molecule has 2 heterocycles. The number of amides is 1. The molecule has 2 rings (SSSR count). The average Bonchev–Trinajstić information content (AvgIpc) is 2.83. The Bertz CT molecular complexity index is 624. The zero-order valence-electron chi connectivity index (χ0n) is 12.5. The van der Waals surface area contributed by atoms with E-state index in [1.54, 1.807) is 4.68 Å². The smallest absolute Gasteiger partial charge is 0.221 e. The van der Waals surface area contributed by atoms with Crippen LogP contribution in [0.3, 0.4) is 0 Å². The summed E-state index contributed by atoms with van der Waals surface area (Å²) in [5.74, 6) is 0.898. The number of fused-ring (bicyclic) bond motifs is 1. The van der Waals surface area contributed by atoms with Crippen LogP contribution >= 0.6 is 0 Å². The van der Waals surface area contributed by atoms with Crippen molar-refractivity contribution >= 4 is 23.0 Å². The molecule has 0 spiro atoms. The second kappa shape index (κ2) is 5.52. The monoisotopic (exact) mass is 278 g/mol. The van der Waals surface area contributed by atoms with Crippen LogP contribution in [0.5, 0.6) is 0 Å². The van der Waals surface area contributed by atoms with Crippen molar-refractivity contribution in [2.75, 3.05) is 12.3 Å². The normalized spacial score (nSPS) is 11.4. The number of aryl methyl sites for hydroxylation is 3. The molecule has 0 unspecified atom stereocenters. The highest BCUT2D eigenvalue weighted by Gasteiger charge is 2.16. The second-order valence-corrected chi connectivity index (χ2v) is 5.45. The van der Waals surface area contributed by atoms with E-state index in [2.05, 4.69) is 29.2 Å². The van der Waals surface area contributed by atoms with Gasteiger partial charge in [0, 0.05) is 26.6 Å². The highest BCUT2D eigenvalue weighted by molar-refractivity contribution is 5.79. The number of rotatable bonds is 5. The van der Waals surface area contributed by atoms with Gasteiger partial charge in [0.05, 0.1) is 5.69 Å². The molecule has 0 aliphatic rings. The Labute approximate surface area is 118 Å². The molecule has 0 aromatic carbocycles. The Balaban J connectivity index is 2.10. The summed E-state index contributed by atoms with van der Waals surface area (Å²) in [7, 11) is 1.85. The Morgan fingerprint density at radius 1 is 1.45 bits per heavy atom. The molecule has 20 heavy (non-hydrogen) atoms. The Morgan fingerprint density at radius 2 is 2.15 bits per heavy atom. The van der Waals surface area contributed by atoms with Crippen molar-refractivity contribution in [3.63, 3.8) is 0 Å². The maximum Gasteiger partial charge on any atom is 0.221 e. The number of carbonyl (C=O) groups excluding carboxylic acids is 1. The van der Waals surface area contributed by atoms with Crippen LogP contribution in [0, 0.1) is 12.8 Å². The van der Waals surface area contributed by atoms with Crippen LogP contribution in [0.4, 0.5) is 5.95 Å². The van der Waals surface area contributed by atoms with Crippen molar-refractivity contribution in [3.05, 3.63) is 5.69 Å². The summed E-state index contributed by atoms with van der Waals surface area (Å²) in [6.45, 7) is 7.23. The number of nitrogens with zero attached hydrogens (tertiary/aromatic N) is 4. The molecule has 0 fully saturated rings. The molecule has 0 bridgehead atoms. The lowest BCUT2D eigenvalue weighted by molar-refractivity contribution is -0.121. The molecular weight excluding hydrogens is 256 g/mol. The minimum absolute atomic E-state index is 0.0267. The zero-order valence-corrected chi connectivity index (χ0v) is 12.5. The maximum absolute atomic E-state index is 11.8. The minimum atomic E-state index is 0.0267. The molecule has 2 aromatic heterocycles. The number of hydrogen-bond acceptors (Lipinski definition) is 4. The molecule has 0 saturated heterocycles. The fourth-order valence-electron chi connectivity index (χ4n) is 2.19. The minimum Gasteiger partial charge on any atom is -0.369 e. The molecule has 3 N–H and O–H groups in total. The summed E-state index contributed by atoms with van der Waals surface area (Å²) in [5.41, 5.74) is 8.42. The van der Waals surface area contributed by atoms with Crippen LogP contribution in [0.15, 0.2) is 0 Å². The van der Waals surface area contributed by atoms with E-state index < -0.39 is 0 Å². The van der Waals surface area contributed by atoms with Gasteiger partial charge in [0.2, 0.25) is 11.9 Å². The van der Waals surface area contributed by atoms with E-state index in [0.29, 0.717) is 31.4 Å². The van der Waals surface area contributed by atoms with E-state index in [1.165, 1.54) is 0 Å². The molecule has 0 aliphatic carbocycles. The Kier molecular flexibility index (Phi) is 3.96. The third-order valence-electron chi connectivity index (χ3n) is 3.19. The number of nitrogen functional groups attached to an aromatic ring is 1. The molecule has 7 nitrogen and oxygen atoms in total. The molecule has 7 heteroatoms. The zero-order chi connectivity index (χ0) is 14.9. The van der Waals surface area contributed by atoms with E-state index in [-0.39, 0.29) is 5.91 Å². The molecule has 1 amide bonds. The fraction of sp³-hybridized carbons (Fsp3) is 0.615. The summed E-state index contributed by atoms with van der Waals surface area (Å²) in [4.78, 5) is 16.1. The summed E-state index contributed by atoms with van der Waals surface area (Å²) in [6.07, 6.45) is 0.382. The number of hydrogen-bond donors (Lipinski definition) is 2. The molecule has 0 aliphatic heterocycles. The lowest BCUT2D eigenvalue weighted by Crippen LogP contribution is -2.28. The van der Waals surface area contributed by atoms with Crippen molar-refractivity contribution in [1.82, 2.24) is 24.6 Å². The van der Waals surface area contributed by atoms with Gasteiger partial charge < -0.3 is 11.1 Å². The summed E-state index contributed by atoms with van der Waals surface area (Å²) in [5, 5.41) is 7.21. The SMILES string of the molecule is Cc1nn(C)c2c1nc(N)n2CCC(=O)NCC(C)C. The summed E-state index contributed by atoms with van der Waals surface area (Å²) in [6, 6.07) is 0. The predicted octanol–water partition coefficient (Wildman–Crippen LogP) is 0.823. The number of anilines is 1. The Hall–Kier alpha value is -2.05. The van der Waals surface area contributed by atoms with Crippen LogP contribution < -0.4 is 11.1 Å². The highest BCUT2D eigenvalue weighted by atomic mass is 16.1. The van der Waals surface area contributed by atoms with Gasteiger partial charge in [0.1, 0.15) is 5.52 Å². The third kappa shape index (κ3) is 2.76. The predicted molar refractivity (Wildman–Crippen MR) is 78.1 cm³/mol. The van der Waals surface area contributed by atoms with E-state index in [1.807, 2.05) is 18.5 Å². The van der Waals surface area contributed by atoms with Crippen LogP contribution in [0.2, 0.25) is 0 Å². The van der Waals surface area contributed by atoms with Gasteiger partial charge in [-0.25, -0.2) is 4.98 Å². The maximum atomic E-state index is 11.8. The average molecular weight is 278 g/mol. The van der Waals surface area contributed by atoms with Gasteiger partial charge in [-0.05, 0) is 12.8 Å². The molecule has 110 valence electrons. The lowest BCUT2D eigenvalue weighted by atomic mass is 10.2. The third-order valence-corrected chi connectivity index (χ3v) is 3.19. The standard InChI is InChI=1S/C13H22N6O/c1-8(2)7-15-10(20)5-6-19-12-11(16-13(19)14)9(3)17-18(12)4/h8H,5-7H2,1-4H3,(H2,14,16)(H,15,20). The van der Waals surface area contributed by atoms with Crippen molar-refractivity contribution in [2.45, 2.75) is 33.7 Å². The van der Waals surface area contributed by atoms with Crippen molar-refractivity contribution in [3.8, 4) is 0 Å². The highest BCUT2D eigenvalue weighted by Crippen LogP contribution is 2.20. The quantitative estimate of drug-likeness (QED) is 0.847. The van der Waals surface area contributed by atoms with Crippen molar-refractivity contribution < 1.29 is 4.79 Å². The fourth-order valence-corrected chi connectivity index (χ4v) is 2.19. The second-order valence-electron chi connectivity index (χ2n) is 5.45. The largest absolute Gasteiger partial charge is 0.369 e. The van der Waals surface area contributed by atoms with E-state index >= 15 is 0 Å². The van der Waals surface area contributed by atoms with Gasteiger partial charge in [0.15, 0.2) is 5.65 Å². The lowest BCUT2D eigenvalue weighted by Gasteiger charge is -2.09. The van der Waals surface area contributed by atoms with Gasteiger partial charge in [-0.2, -0.15) is 5.10 Å². The van der Waals surface area contributed by atoms with E-state index in [0.717, 1.165) is 16.9 Å². The van der Waals surface area contributed by atoms with Gasteiger partial charge in [-0.1, -0.05) is 13.8 Å². The molecular formula is C13H22N6O. The Morgan fingerprint density at radius 3 is 2.80 bits per heavy atom. The first-order chi connectivity index (χ1) is 9.40.